The Hall–Kier alpha value is -8.52. The molecule has 0 atom stereocenters. The molecule has 1 heteroatoms. The lowest BCUT2D eigenvalue weighted by Crippen LogP contribution is -2.44. The Labute approximate surface area is 410 Å². The standard InChI is InChI=1S/C69H49N/c1-67(2)59-30-13-11-27-55(59)57-42-40-51(44-65(57)67)70(50-38-36-47(37-39-50)54-29-19-21-46-20-9-10-26-53(46)54)52-41-43-58-56-28-12-14-31-60(56)69(66(58)45-52)63-34-17-15-32-61(63)68(48-22-5-3-6-23-48,49-24-7-4-8-25-49)62-33-16-18-35-64(62)69/h3-45H,1-2H3. The molecule has 70 heavy (non-hydrogen) atoms. The molecule has 0 saturated heterocycles. The van der Waals surface area contributed by atoms with Gasteiger partial charge in [0.15, 0.2) is 0 Å². The van der Waals surface area contributed by atoms with E-state index in [0.717, 1.165) is 17.1 Å². The molecule has 0 heterocycles. The molecule has 0 saturated carbocycles. The lowest BCUT2D eigenvalue weighted by atomic mass is 9.51. The van der Waals surface area contributed by atoms with Gasteiger partial charge in [-0.05, 0) is 136 Å². The van der Waals surface area contributed by atoms with Crippen molar-refractivity contribution in [1.82, 2.24) is 0 Å². The van der Waals surface area contributed by atoms with Gasteiger partial charge >= 0.3 is 0 Å². The number of benzene rings is 11. The molecule has 3 aliphatic carbocycles. The topological polar surface area (TPSA) is 3.24 Å². The van der Waals surface area contributed by atoms with Crippen LogP contribution in [0.2, 0.25) is 0 Å². The quantitative estimate of drug-likeness (QED) is 0.161. The maximum absolute atomic E-state index is 2.53. The zero-order valence-electron chi connectivity index (χ0n) is 39.3. The molecule has 0 amide bonds. The summed E-state index contributed by atoms with van der Waals surface area (Å²) in [6.45, 7) is 4.76. The summed E-state index contributed by atoms with van der Waals surface area (Å²) in [5.41, 5.74) is 22.8. The second-order valence-corrected chi connectivity index (χ2v) is 19.9. The molecule has 0 aromatic heterocycles. The Morgan fingerprint density at radius 2 is 0.686 bits per heavy atom. The molecule has 11 aromatic carbocycles. The molecular weight excluding hydrogens is 843 g/mol. The summed E-state index contributed by atoms with van der Waals surface area (Å²) in [6.07, 6.45) is 0. The van der Waals surface area contributed by atoms with Crippen molar-refractivity contribution in [1.29, 1.82) is 0 Å². The number of hydrogen-bond donors (Lipinski definition) is 0. The third-order valence-electron chi connectivity index (χ3n) is 16.2. The number of fused-ring (bicyclic) bond motifs is 13. The summed E-state index contributed by atoms with van der Waals surface area (Å²) < 4.78 is 0. The smallest absolute Gasteiger partial charge is 0.0720 e. The van der Waals surface area contributed by atoms with Crippen molar-refractivity contribution in [3.8, 4) is 33.4 Å². The van der Waals surface area contributed by atoms with E-state index in [0.29, 0.717) is 0 Å². The number of anilines is 3. The summed E-state index contributed by atoms with van der Waals surface area (Å²) in [6, 6.07) is 98.2. The van der Waals surface area contributed by atoms with E-state index in [1.807, 2.05) is 0 Å². The second kappa shape index (κ2) is 15.2. The fourth-order valence-electron chi connectivity index (χ4n) is 13.3. The van der Waals surface area contributed by atoms with E-state index in [9.17, 15) is 0 Å². The minimum atomic E-state index is -0.617. The van der Waals surface area contributed by atoms with Gasteiger partial charge in [-0.2, -0.15) is 0 Å². The van der Waals surface area contributed by atoms with Gasteiger partial charge in [0.2, 0.25) is 0 Å². The molecule has 0 aliphatic heterocycles. The fourth-order valence-corrected chi connectivity index (χ4v) is 13.3. The SMILES string of the molecule is CC1(C)c2ccccc2-c2ccc(N(c3ccc(-c4cccc5ccccc45)cc3)c3ccc4c(c3)C3(c5ccccc5-4)c4ccccc4C(c4ccccc4)(c4ccccc4)c4ccccc43)cc21. The first-order valence-electron chi connectivity index (χ1n) is 24.7. The van der Waals surface area contributed by atoms with Gasteiger partial charge in [0.1, 0.15) is 0 Å². The minimum absolute atomic E-state index is 0.158. The van der Waals surface area contributed by atoms with Crippen molar-refractivity contribution in [2.45, 2.75) is 30.1 Å². The van der Waals surface area contributed by atoms with E-state index in [-0.39, 0.29) is 5.41 Å². The highest BCUT2D eigenvalue weighted by molar-refractivity contribution is 5.98. The van der Waals surface area contributed by atoms with E-state index in [4.69, 9.17) is 0 Å². The van der Waals surface area contributed by atoms with Crippen LogP contribution in [0.15, 0.2) is 261 Å². The molecular formula is C69H49N. The molecule has 0 radical (unpaired) electrons. The predicted molar refractivity (Wildman–Crippen MR) is 291 cm³/mol. The zero-order valence-corrected chi connectivity index (χ0v) is 39.3. The largest absolute Gasteiger partial charge is 0.310 e. The highest BCUT2D eigenvalue weighted by Crippen LogP contribution is 2.65. The van der Waals surface area contributed by atoms with Crippen molar-refractivity contribution in [3.63, 3.8) is 0 Å². The van der Waals surface area contributed by atoms with E-state index in [2.05, 4.69) is 280 Å². The average molecular weight is 892 g/mol. The lowest BCUT2D eigenvalue weighted by Gasteiger charge is -2.50. The molecule has 0 fully saturated rings. The van der Waals surface area contributed by atoms with Gasteiger partial charge in [-0.1, -0.05) is 238 Å². The summed E-state index contributed by atoms with van der Waals surface area (Å²) in [7, 11) is 0. The maximum Gasteiger partial charge on any atom is 0.0720 e. The summed E-state index contributed by atoms with van der Waals surface area (Å²) in [5.74, 6) is 0. The van der Waals surface area contributed by atoms with Crippen molar-refractivity contribution in [2.24, 2.45) is 0 Å². The van der Waals surface area contributed by atoms with Crippen LogP contribution in [-0.4, -0.2) is 0 Å². The van der Waals surface area contributed by atoms with Gasteiger partial charge in [-0.25, -0.2) is 0 Å². The molecule has 0 unspecified atom stereocenters. The lowest BCUT2D eigenvalue weighted by molar-refractivity contribution is 0.623. The molecule has 11 aromatic rings. The average Bonchev–Trinajstić information content (AvgIpc) is 3.84. The van der Waals surface area contributed by atoms with Crippen LogP contribution in [0.25, 0.3) is 44.2 Å². The number of rotatable bonds is 6. The summed E-state index contributed by atoms with van der Waals surface area (Å²) in [4.78, 5) is 2.50. The highest BCUT2D eigenvalue weighted by atomic mass is 15.1. The van der Waals surface area contributed by atoms with Crippen LogP contribution in [0, 0.1) is 0 Å². The fraction of sp³-hybridized carbons (Fsp3) is 0.0725. The Bertz CT molecular complexity index is 3770. The van der Waals surface area contributed by atoms with Crippen molar-refractivity contribution in [2.75, 3.05) is 4.90 Å². The Morgan fingerprint density at radius 1 is 0.271 bits per heavy atom. The third kappa shape index (κ3) is 5.49. The minimum Gasteiger partial charge on any atom is -0.310 e. The first kappa shape index (κ1) is 40.5. The van der Waals surface area contributed by atoms with Crippen LogP contribution < -0.4 is 4.90 Å². The van der Waals surface area contributed by atoms with Gasteiger partial charge in [0.05, 0.1) is 10.8 Å². The predicted octanol–water partition coefficient (Wildman–Crippen LogP) is 17.3. The number of nitrogens with zero attached hydrogens (tertiary/aromatic N) is 1. The molecule has 0 bridgehead atoms. The monoisotopic (exact) mass is 891 g/mol. The van der Waals surface area contributed by atoms with Crippen molar-refractivity contribution in [3.05, 3.63) is 316 Å². The molecule has 1 nitrogen and oxygen atoms in total. The molecule has 330 valence electrons. The van der Waals surface area contributed by atoms with Gasteiger partial charge in [-0.15, -0.1) is 0 Å². The summed E-state index contributed by atoms with van der Waals surface area (Å²) in [5, 5.41) is 2.51. The summed E-state index contributed by atoms with van der Waals surface area (Å²) >= 11 is 0. The Kier molecular flexibility index (Phi) is 8.83. The molecule has 1 spiro atoms. The van der Waals surface area contributed by atoms with Gasteiger partial charge in [0.25, 0.3) is 0 Å². The van der Waals surface area contributed by atoms with E-state index in [1.165, 1.54) is 99.8 Å². The normalized spacial score (nSPS) is 14.8. The van der Waals surface area contributed by atoms with E-state index < -0.39 is 10.8 Å². The van der Waals surface area contributed by atoms with E-state index >= 15 is 0 Å². The molecule has 14 rings (SSSR count). The van der Waals surface area contributed by atoms with Crippen molar-refractivity contribution < 1.29 is 0 Å². The number of hydrogen-bond acceptors (Lipinski definition) is 1. The van der Waals surface area contributed by atoms with Crippen LogP contribution in [0.1, 0.15) is 69.5 Å². The van der Waals surface area contributed by atoms with Crippen LogP contribution >= 0.6 is 0 Å². The maximum atomic E-state index is 2.53. The van der Waals surface area contributed by atoms with Crippen LogP contribution in [0.3, 0.4) is 0 Å². The third-order valence-corrected chi connectivity index (χ3v) is 16.2. The first-order chi connectivity index (χ1) is 34.5. The highest BCUT2D eigenvalue weighted by Gasteiger charge is 2.56. The first-order valence-corrected chi connectivity index (χ1v) is 24.7. The van der Waals surface area contributed by atoms with Crippen LogP contribution in [0.4, 0.5) is 17.1 Å². The van der Waals surface area contributed by atoms with Crippen LogP contribution in [-0.2, 0) is 16.2 Å². The van der Waals surface area contributed by atoms with Gasteiger partial charge < -0.3 is 4.90 Å². The van der Waals surface area contributed by atoms with Gasteiger partial charge in [-0.3, -0.25) is 0 Å². The van der Waals surface area contributed by atoms with Crippen LogP contribution in [0.5, 0.6) is 0 Å². The second-order valence-electron chi connectivity index (χ2n) is 19.9. The van der Waals surface area contributed by atoms with Crippen molar-refractivity contribution >= 4 is 27.8 Å². The van der Waals surface area contributed by atoms with Gasteiger partial charge in [0, 0.05) is 22.5 Å². The molecule has 3 aliphatic rings. The zero-order chi connectivity index (χ0) is 46.6. The Morgan fingerprint density at radius 3 is 1.30 bits per heavy atom. The van der Waals surface area contributed by atoms with E-state index in [1.54, 1.807) is 0 Å². The Balaban J connectivity index is 1.03. The molecule has 0 N–H and O–H groups in total.